The number of aliphatic hydroxyl groups excluding tert-OH is 1. The zero-order valence-electron chi connectivity index (χ0n) is 16.5. The van der Waals surface area contributed by atoms with Crippen molar-refractivity contribution in [3.8, 4) is 0 Å². The van der Waals surface area contributed by atoms with E-state index in [-0.39, 0.29) is 6.42 Å². The molecule has 0 bridgehead atoms. The Balaban J connectivity index is 0. The molecule has 0 unspecified atom stereocenters. The minimum atomic E-state index is -0.745. The fraction of sp³-hybridized carbons (Fsp3) is 0.952. The molecule has 0 saturated carbocycles. The van der Waals surface area contributed by atoms with Crippen LogP contribution in [-0.2, 0) is 4.79 Å². The minimum absolute atomic E-state index is 0.222. The van der Waals surface area contributed by atoms with E-state index in [0.717, 1.165) is 6.42 Å². The zero-order valence-corrected chi connectivity index (χ0v) is 16.5. The quantitative estimate of drug-likeness (QED) is 0.288. The maximum Gasteiger partial charge on any atom is 0.303 e. The molecule has 2 N–H and O–H groups in total. The molecule has 0 amide bonds. The van der Waals surface area contributed by atoms with E-state index in [2.05, 4.69) is 6.92 Å². The van der Waals surface area contributed by atoms with Crippen LogP contribution in [0.5, 0.6) is 0 Å². The van der Waals surface area contributed by atoms with Gasteiger partial charge in [0.1, 0.15) is 0 Å². The van der Waals surface area contributed by atoms with E-state index in [1.165, 1.54) is 96.3 Å². The van der Waals surface area contributed by atoms with Crippen LogP contribution >= 0.6 is 0 Å². The Morgan fingerprint density at radius 2 is 0.833 bits per heavy atom. The van der Waals surface area contributed by atoms with Crippen LogP contribution in [0.15, 0.2) is 0 Å². The molecule has 0 atom stereocenters. The second-order valence-electron chi connectivity index (χ2n) is 6.77. The summed E-state index contributed by atoms with van der Waals surface area (Å²) in [5.41, 5.74) is 0. The molecule has 3 heteroatoms. The molecule has 0 saturated heterocycles. The van der Waals surface area contributed by atoms with Gasteiger partial charge in [-0.3, -0.25) is 4.79 Å². The molecule has 0 aliphatic heterocycles. The summed E-state index contributed by atoms with van der Waals surface area (Å²) in [6, 6.07) is 0. The number of hydrogen-bond acceptors (Lipinski definition) is 2. The Bertz CT molecular complexity index is 213. The van der Waals surface area contributed by atoms with Gasteiger partial charge in [-0.2, -0.15) is 0 Å². The van der Waals surface area contributed by atoms with Crippen LogP contribution in [0.3, 0.4) is 0 Å². The number of carbonyl (C=O) groups is 1. The van der Waals surface area contributed by atoms with Crippen molar-refractivity contribution >= 4 is 5.97 Å². The van der Waals surface area contributed by atoms with E-state index in [9.17, 15) is 4.79 Å². The molecule has 146 valence electrons. The maximum atomic E-state index is 9.37. The van der Waals surface area contributed by atoms with E-state index < -0.39 is 5.97 Å². The number of hydrogen-bond donors (Lipinski definition) is 2. The fourth-order valence-corrected chi connectivity index (χ4v) is 2.66. The van der Waals surface area contributed by atoms with Gasteiger partial charge in [-0.25, -0.2) is 0 Å². The standard InChI is InChI=1S/C18H38O.C3H6O2/c1-2-3-4-5-6-7-8-9-10-11-12-13-14-15-16-17-18-19;1-2-3(4)5/h19H,2-18H2,1H3;2H2,1H3,(H,4,5). The van der Waals surface area contributed by atoms with Gasteiger partial charge in [0, 0.05) is 13.0 Å². The number of rotatable bonds is 17. The smallest absolute Gasteiger partial charge is 0.303 e. The molecule has 0 fully saturated rings. The second kappa shape index (κ2) is 24.7. The Labute approximate surface area is 151 Å². The molecule has 0 rings (SSSR count). The highest BCUT2D eigenvalue weighted by Crippen LogP contribution is 2.13. The number of unbranched alkanes of at least 4 members (excludes halogenated alkanes) is 15. The van der Waals surface area contributed by atoms with E-state index in [1.807, 2.05) is 0 Å². The first kappa shape index (κ1) is 25.7. The van der Waals surface area contributed by atoms with Crippen molar-refractivity contribution in [1.29, 1.82) is 0 Å². The molecule has 0 aromatic rings. The molecule has 0 aliphatic rings. The van der Waals surface area contributed by atoms with Gasteiger partial charge in [-0.1, -0.05) is 110 Å². The average molecular weight is 345 g/mol. The number of aliphatic carboxylic acids is 1. The van der Waals surface area contributed by atoms with E-state index >= 15 is 0 Å². The molecule has 0 aromatic carbocycles. The molecule has 0 heterocycles. The summed E-state index contributed by atoms with van der Waals surface area (Å²) in [4.78, 5) is 9.37. The van der Waals surface area contributed by atoms with Crippen LogP contribution in [0.1, 0.15) is 123 Å². The monoisotopic (exact) mass is 344 g/mol. The Hall–Kier alpha value is -0.570. The Morgan fingerprint density at radius 3 is 1.04 bits per heavy atom. The van der Waals surface area contributed by atoms with Gasteiger partial charge in [0.2, 0.25) is 0 Å². The third-order valence-electron chi connectivity index (χ3n) is 4.31. The first-order valence-corrected chi connectivity index (χ1v) is 10.5. The van der Waals surface area contributed by atoms with Crippen molar-refractivity contribution < 1.29 is 15.0 Å². The van der Waals surface area contributed by atoms with Gasteiger partial charge in [-0.05, 0) is 6.42 Å². The van der Waals surface area contributed by atoms with Gasteiger partial charge in [0.25, 0.3) is 0 Å². The summed E-state index contributed by atoms with van der Waals surface area (Å²) >= 11 is 0. The predicted molar refractivity (Wildman–Crippen MR) is 105 cm³/mol. The third-order valence-corrected chi connectivity index (χ3v) is 4.31. The van der Waals surface area contributed by atoms with Crippen molar-refractivity contribution in [2.75, 3.05) is 6.61 Å². The van der Waals surface area contributed by atoms with Crippen molar-refractivity contribution in [2.45, 2.75) is 123 Å². The SMILES string of the molecule is CCC(=O)O.CCCCCCCCCCCCCCCCCCO. The van der Waals surface area contributed by atoms with E-state index in [1.54, 1.807) is 6.92 Å². The van der Waals surface area contributed by atoms with Crippen LogP contribution in [0.2, 0.25) is 0 Å². The molecule has 0 aliphatic carbocycles. The van der Waals surface area contributed by atoms with E-state index in [4.69, 9.17) is 10.2 Å². The van der Waals surface area contributed by atoms with Crippen molar-refractivity contribution in [2.24, 2.45) is 0 Å². The first-order valence-electron chi connectivity index (χ1n) is 10.5. The van der Waals surface area contributed by atoms with Crippen LogP contribution in [-0.4, -0.2) is 22.8 Å². The molecule has 0 spiro atoms. The Morgan fingerprint density at radius 1 is 0.583 bits per heavy atom. The van der Waals surface area contributed by atoms with Gasteiger partial charge >= 0.3 is 5.97 Å². The van der Waals surface area contributed by atoms with Gasteiger partial charge in [0.15, 0.2) is 0 Å². The topological polar surface area (TPSA) is 57.5 Å². The highest BCUT2D eigenvalue weighted by molar-refractivity contribution is 5.66. The largest absolute Gasteiger partial charge is 0.481 e. The third kappa shape index (κ3) is 29.4. The van der Waals surface area contributed by atoms with Crippen LogP contribution in [0, 0.1) is 0 Å². The number of carboxylic acid groups (broad SMARTS) is 1. The van der Waals surface area contributed by atoms with Gasteiger partial charge in [-0.15, -0.1) is 0 Å². The number of carboxylic acids is 1. The lowest BCUT2D eigenvalue weighted by Gasteiger charge is -2.03. The highest BCUT2D eigenvalue weighted by atomic mass is 16.4. The summed E-state index contributed by atoms with van der Waals surface area (Å²) in [6.07, 6.45) is 22.4. The van der Waals surface area contributed by atoms with Crippen LogP contribution in [0.4, 0.5) is 0 Å². The zero-order chi connectivity index (χ0) is 18.3. The fourth-order valence-electron chi connectivity index (χ4n) is 2.66. The molecule has 0 aromatic heterocycles. The summed E-state index contributed by atoms with van der Waals surface area (Å²) in [5.74, 6) is -0.745. The minimum Gasteiger partial charge on any atom is -0.481 e. The summed E-state index contributed by atoms with van der Waals surface area (Å²) < 4.78 is 0. The second-order valence-corrected chi connectivity index (χ2v) is 6.77. The van der Waals surface area contributed by atoms with Crippen LogP contribution < -0.4 is 0 Å². The first-order chi connectivity index (χ1) is 11.7. The average Bonchev–Trinajstić information content (AvgIpc) is 2.59. The van der Waals surface area contributed by atoms with Gasteiger partial charge in [0.05, 0.1) is 0 Å². The molecule has 3 nitrogen and oxygen atoms in total. The Kier molecular flexibility index (Phi) is 26.4. The lowest BCUT2D eigenvalue weighted by atomic mass is 10.0. The maximum absolute atomic E-state index is 9.37. The van der Waals surface area contributed by atoms with Crippen molar-refractivity contribution in [3.63, 3.8) is 0 Å². The highest BCUT2D eigenvalue weighted by Gasteiger charge is 1.94. The normalized spacial score (nSPS) is 10.3. The molecule has 24 heavy (non-hydrogen) atoms. The lowest BCUT2D eigenvalue weighted by molar-refractivity contribution is -0.136. The van der Waals surface area contributed by atoms with E-state index in [0.29, 0.717) is 6.61 Å². The van der Waals surface area contributed by atoms with Crippen molar-refractivity contribution in [3.05, 3.63) is 0 Å². The summed E-state index contributed by atoms with van der Waals surface area (Å²) in [5, 5.41) is 16.4. The summed E-state index contributed by atoms with van der Waals surface area (Å²) in [6.45, 7) is 4.26. The van der Waals surface area contributed by atoms with Crippen LogP contribution in [0.25, 0.3) is 0 Å². The van der Waals surface area contributed by atoms with Crippen molar-refractivity contribution in [1.82, 2.24) is 0 Å². The number of aliphatic hydroxyl groups is 1. The molecule has 0 radical (unpaired) electrons. The summed E-state index contributed by atoms with van der Waals surface area (Å²) in [7, 11) is 0. The molecular formula is C21H44O3. The van der Waals surface area contributed by atoms with Gasteiger partial charge < -0.3 is 10.2 Å². The predicted octanol–water partition coefficient (Wildman–Crippen LogP) is 6.72. The lowest BCUT2D eigenvalue weighted by Crippen LogP contribution is -1.86. The molecular weight excluding hydrogens is 300 g/mol.